The Balaban J connectivity index is 1.36. The summed E-state index contributed by atoms with van der Waals surface area (Å²) < 4.78 is 5.49. The molecule has 0 bridgehead atoms. The second kappa shape index (κ2) is 11.1. The fourth-order valence-corrected chi connectivity index (χ4v) is 4.54. The monoisotopic (exact) mass is 452 g/mol. The van der Waals surface area contributed by atoms with Crippen LogP contribution in [0.3, 0.4) is 0 Å². The molecule has 2 aromatic carbocycles. The van der Waals surface area contributed by atoms with E-state index >= 15 is 0 Å². The normalized spacial score (nSPS) is 15.3. The van der Waals surface area contributed by atoms with Crippen molar-refractivity contribution in [3.8, 4) is 5.75 Å². The Hall–Kier alpha value is -1.40. The number of hydrogen-bond acceptors (Lipinski definition) is 4. The van der Waals surface area contributed by atoms with Crippen LogP contribution in [0.1, 0.15) is 18.4 Å². The first-order valence-electron chi connectivity index (χ1n) is 9.74. The van der Waals surface area contributed by atoms with Crippen molar-refractivity contribution in [1.82, 2.24) is 10.2 Å². The third-order valence-corrected chi connectivity index (χ3v) is 6.50. The van der Waals surface area contributed by atoms with Crippen molar-refractivity contribution < 1.29 is 9.53 Å². The van der Waals surface area contributed by atoms with Crippen LogP contribution < -0.4 is 10.1 Å². The van der Waals surface area contributed by atoms with E-state index in [1.165, 1.54) is 10.5 Å². The minimum absolute atomic E-state index is 0.0499. The molecule has 1 saturated heterocycles. The number of piperidine rings is 1. The molecule has 0 aliphatic carbocycles. The fourth-order valence-electron chi connectivity index (χ4n) is 3.47. The van der Waals surface area contributed by atoms with Crippen molar-refractivity contribution in [2.45, 2.75) is 24.3 Å². The van der Waals surface area contributed by atoms with Crippen LogP contribution in [0.15, 0.2) is 47.4 Å². The molecule has 7 heteroatoms. The number of nitrogens with one attached hydrogen (secondary N) is 1. The number of carbonyl (C=O) groups is 1. The zero-order chi connectivity index (χ0) is 20.6. The average Bonchev–Trinajstić information content (AvgIpc) is 2.73. The van der Waals surface area contributed by atoms with E-state index in [1.807, 2.05) is 0 Å². The Morgan fingerprint density at radius 3 is 2.69 bits per heavy atom. The number of likely N-dealkylation sites (tertiary alicyclic amines) is 1. The number of halogens is 2. The second-order valence-corrected chi connectivity index (χ2v) is 8.89. The molecule has 4 nitrogen and oxygen atoms in total. The van der Waals surface area contributed by atoms with E-state index in [0.29, 0.717) is 28.3 Å². The van der Waals surface area contributed by atoms with Crippen LogP contribution in [0.5, 0.6) is 5.75 Å². The topological polar surface area (TPSA) is 41.6 Å². The van der Waals surface area contributed by atoms with Crippen LogP contribution in [-0.2, 0) is 11.3 Å². The number of thioether (sulfide) groups is 1. The molecule has 0 radical (unpaired) electrons. The van der Waals surface area contributed by atoms with Gasteiger partial charge in [0.25, 0.3) is 5.91 Å². The average molecular weight is 453 g/mol. The SMILES string of the molecule is CSc1ccccc1CN1CCC(CNC(=O)COc2ccc(Cl)cc2Cl)CC1. The minimum Gasteiger partial charge on any atom is -0.482 e. The molecule has 0 unspecified atom stereocenters. The van der Waals surface area contributed by atoms with E-state index in [0.717, 1.165) is 32.5 Å². The Morgan fingerprint density at radius 2 is 1.97 bits per heavy atom. The number of ether oxygens (including phenoxy) is 1. The Bertz CT molecular complexity index is 826. The van der Waals surface area contributed by atoms with E-state index in [2.05, 4.69) is 40.7 Å². The molecule has 0 atom stereocenters. The first-order chi connectivity index (χ1) is 14.0. The van der Waals surface area contributed by atoms with E-state index < -0.39 is 0 Å². The summed E-state index contributed by atoms with van der Waals surface area (Å²) in [4.78, 5) is 15.9. The molecule has 156 valence electrons. The Kier molecular flexibility index (Phi) is 8.54. The van der Waals surface area contributed by atoms with Crippen LogP contribution in [-0.4, -0.2) is 43.3 Å². The molecule has 1 N–H and O–H groups in total. The summed E-state index contributed by atoms with van der Waals surface area (Å²) >= 11 is 13.7. The molecule has 0 saturated carbocycles. The van der Waals surface area contributed by atoms with Gasteiger partial charge < -0.3 is 10.1 Å². The summed E-state index contributed by atoms with van der Waals surface area (Å²) in [5.41, 5.74) is 1.39. The molecule has 1 amide bonds. The molecule has 0 aromatic heterocycles. The lowest BCUT2D eigenvalue weighted by Crippen LogP contribution is -2.39. The lowest BCUT2D eigenvalue weighted by atomic mass is 9.96. The second-order valence-electron chi connectivity index (χ2n) is 7.20. The first kappa shape index (κ1) is 22.3. The van der Waals surface area contributed by atoms with E-state index in [4.69, 9.17) is 27.9 Å². The highest BCUT2D eigenvalue weighted by molar-refractivity contribution is 7.98. The van der Waals surface area contributed by atoms with E-state index in [1.54, 1.807) is 30.0 Å². The molecule has 1 fully saturated rings. The van der Waals surface area contributed by atoms with Crippen LogP contribution in [0, 0.1) is 5.92 Å². The number of carbonyl (C=O) groups excluding carboxylic acids is 1. The third kappa shape index (κ3) is 6.82. The highest BCUT2D eigenvalue weighted by Gasteiger charge is 2.20. The summed E-state index contributed by atoms with van der Waals surface area (Å²) in [5, 5.41) is 3.92. The van der Waals surface area contributed by atoms with Gasteiger partial charge in [0.15, 0.2) is 6.61 Å². The largest absolute Gasteiger partial charge is 0.482 e. The summed E-state index contributed by atoms with van der Waals surface area (Å²) in [7, 11) is 0. The molecule has 2 aromatic rings. The summed E-state index contributed by atoms with van der Waals surface area (Å²) in [6.45, 7) is 3.74. The smallest absolute Gasteiger partial charge is 0.257 e. The number of nitrogens with zero attached hydrogens (tertiary/aromatic N) is 1. The van der Waals surface area contributed by atoms with Gasteiger partial charge in [0.1, 0.15) is 5.75 Å². The van der Waals surface area contributed by atoms with Crippen LogP contribution >= 0.6 is 35.0 Å². The van der Waals surface area contributed by atoms with E-state index in [-0.39, 0.29) is 12.5 Å². The standard InChI is InChI=1S/C22H26Cl2N2O2S/c1-29-21-5-3-2-4-17(21)14-26-10-8-16(9-11-26)13-25-22(27)15-28-20-7-6-18(23)12-19(20)24/h2-7,12,16H,8-11,13-15H2,1H3,(H,25,27). The van der Waals surface area contributed by atoms with Crippen LogP contribution in [0.2, 0.25) is 10.0 Å². The van der Waals surface area contributed by atoms with Crippen molar-refractivity contribution in [3.05, 3.63) is 58.1 Å². The summed E-state index contributed by atoms with van der Waals surface area (Å²) in [6, 6.07) is 13.6. The highest BCUT2D eigenvalue weighted by atomic mass is 35.5. The lowest BCUT2D eigenvalue weighted by Gasteiger charge is -2.32. The van der Waals surface area contributed by atoms with Crippen molar-refractivity contribution in [2.24, 2.45) is 5.92 Å². The molecule has 29 heavy (non-hydrogen) atoms. The third-order valence-electron chi connectivity index (χ3n) is 5.13. The Labute approximate surface area is 186 Å². The number of rotatable bonds is 8. The van der Waals surface area contributed by atoms with Gasteiger partial charge in [-0.25, -0.2) is 0 Å². The molecular weight excluding hydrogens is 427 g/mol. The maximum absolute atomic E-state index is 12.1. The molecular formula is C22H26Cl2N2O2S. The van der Waals surface area contributed by atoms with Crippen molar-refractivity contribution in [2.75, 3.05) is 32.5 Å². The van der Waals surface area contributed by atoms with Crippen LogP contribution in [0.25, 0.3) is 0 Å². The minimum atomic E-state index is -0.132. The van der Waals surface area contributed by atoms with Gasteiger partial charge in [0, 0.05) is 23.0 Å². The molecule has 1 heterocycles. The zero-order valence-corrected chi connectivity index (χ0v) is 18.8. The molecule has 1 aliphatic rings. The fraction of sp³-hybridized carbons (Fsp3) is 0.409. The number of benzene rings is 2. The van der Waals surface area contributed by atoms with Gasteiger partial charge in [-0.15, -0.1) is 11.8 Å². The highest BCUT2D eigenvalue weighted by Crippen LogP contribution is 2.27. The van der Waals surface area contributed by atoms with Gasteiger partial charge in [-0.05, 0) is 67.9 Å². The van der Waals surface area contributed by atoms with Gasteiger partial charge in [0.2, 0.25) is 0 Å². The van der Waals surface area contributed by atoms with Gasteiger partial charge in [-0.1, -0.05) is 41.4 Å². The van der Waals surface area contributed by atoms with E-state index in [9.17, 15) is 4.79 Å². The summed E-state index contributed by atoms with van der Waals surface area (Å²) in [5.74, 6) is 0.836. The quantitative estimate of drug-likeness (QED) is 0.564. The van der Waals surface area contributed by atoms with Gasteiger partial charge in [-0.2, -0.15) is 0 Å². The Morgan fingerprint density at radius 1 is 1.21 bits per heavy atom. The predicted octanol–water partition coefficient (Wildman–Crippen LogP) is 5.12. The first-order valence-corrected chi connectivity index (χ1v) is 11.7. The van der Waals surface area contributed by atoms with Crippen molar-refractivity contribution >= 4 is 40.9 Å². The van der Waals surface area contributed by atoms with Gasteiger partial charge >= 0.3 is 0 Å². The van der Waals surface area contributed by atoms with Gasteiger partial charge in [-0.3, -0.25) is 9.69 Å². The zero-order valence-electron chi connectivity index (χ0n) is 16.5. The lowest BCUT2D eigenvalue weighted by molar-refractivity contribution is -0.123. The molecule has 1 aliphatic heterocycles. The van der Waals surface area contributed by atoms with Gasteiger partial charge in [0.05, 0.1) is 5.02 Å². The summed E-state index contributed by atoms with van der Waals surface area (Å²) in [6.07, 6.45) is 4.30. The predicted molar refractivity (Wildman–Crippen MR) is 121 cm³/mol. The van der Waals surface area contributed by atoms with Crippen LogP contribution in [0.4, 0.5) is 0 Å². The number of hydrogen-bond donors (Lipinski definition) is 1. The van der Waals surface area contributed by atoms with Crippen molar-refractivity contribution in [3.63, 3.8) is 0 Å². The maximum atomic E-state index is 12.1. The maximum Gasteiger partial charge on any atom is 0.257 e. The number of amides is 1. The molecule has 0 spiro atoms. The molecule has 3 rings (SSSR count). The van der Waals surface area contributed by atoms with Crippen molar-refractivity contribution in [1.29, 1.82) is 0 Å².